The van der Waals surface area contributed by atoms with Gasteiger partial charge in [-0.05, 0) is 40.6 Å². The Morgan fingerprint density at radius 2 is 2.14 bits per heavy atom. The maximum Gasteiger partial charge on any atom is 0.228 e. The first kappa shape index (κ1) is 9.74. The molecule has 0 aliphatic heterocycles. The van der Waals surface area contributed by atoms with Crippen LogP contribution >= 0.6 is 15.9 Å². The van der Waals surface area contributed by atoms with Gasteiger partial charge in [-0.3, -0.25) is 0 Å². The molecule has 2 nitrogen and oxygen atoms in total. The van der Waals surface area contributed by atoms with E-state index in [2.05, 4.69) is 15.9 Å². The maximum atomic E-state index is 9.94. The molecule has 0 amide bonds. The van der Waals surface area contributed by atoms with Crippen LogP contribution in [0.1, 0.15) is 12.8 Å². The van der Waals surface area contributed by atoms with Gasteiger partial charge in [0.05, 0.1) is 4.47 Å². The van der Waals surface area contributed by atoms with E-state index in [1.54, 1.807) is 6.08 Å². The lowest BCUT2D eigenvalue weighted by atomic mass is 10.2. The van der Waals surface area contributed by atoms with E-state index in [-0.39, 0.29) is 0 Å². The van der Waals surface area contributed by atoms with Crippen molar-refractivity contribution in [3.05, 3.63) is 40.9 Å². The van der Waals surface area contributed by atoms with Gasteiger partial charge in [-0.2, -0.15) is 0 Å². The normalized spacial score (nSPS) is 25.3. The van der Waals surface area contributed by atoms with Gasteiger partial charge in [-0.1, -0.05) is 18.2 Å². The molecule has 1 aromatic carbocycles. The van der Waals surface area contributed by atoms with Crippen LogP contribution in [0.3, 0.4) is 0 Å². The zero-order chi connectivity index (χ0) is 10.0. The molecule has 0 saturated carbocycles. The number of ether oxygens (including phenoxy) is 1. The van der Waals surface area contributed by atoms with Crippen molar-refractivity contribution in [2.75, 3.05) is 0 Å². The summed E-state index contributed by atoms with van der Waals surface area (Å²) in [4.78, 5) is 0. The average molecular weight is 255 g/mol. The summed E-state index contributed by atoms with van der Waals surface area (Å²) in [5.74, 6) is -0.453. The number of rotatable bonds is 2. The highest BCUT2D eigenvalue weighted by atomic mass is 79.9. The molecule has 0 unspecified atom stereocenters. The molecule has 0 heterocycles. The first-order valence-corrected chi connectivity index (χ1v) is 5.32. The fourth-order valence-corrected chi connectivity index (χ4v) is 1.81. The first-order chi connectivity index (χ1) is 6.70. The predicted molar refractivity (Wildman–Crippen MR) is 58.1 cm³/mol. The molecule has 0 aromatic heterocycles. The monoisotopic (exact) mass is 254 g/mol. The van der Waals surface area contributed by atoms with Crippen LogP contribution in [0.4, 0.5) is 0 Å². The van der Waals surface area contributed by atoms with Crippen molar-refractivity contribution in [2.24, 2.45) is 0 Å². The van der Waals surface area contributed by atoms with Crippen molar-refractivity contribution >= 4 is 15.9 Å². The molecule has 1 aromatic rings. The molecule has 0 spiro atoms. The lowest BCUT2D eigenvalue weighted by Gasteiger charge is -2.22. The number of para-hydroxylation sites is 1. The summed E-state index contributed by atoms with van der Waals surface area (Å²) in [5, 5.41) is 9.94. The van der Waals surface area contributed by atoms with Gasteiger partial charge in [0.25, 0.3) is 0 Å². The van der Waals surface area contributed by atoms with Crippen molar-refractivity contribution in [1.82, 2.24) is 0 Å². The zero-order valence-electron chi connectivity index (χ0n) is 7.61. The van der Waals surface area contributed by atoms with Gasteiger partial charge in [0.1, 0.15) is 5.75 Å². The molecule has 74 valence electrons. The van der Waals surface area contributed by atoms with Crippen LogP contribution < -0.4 is 4.74 Å². The van der Waals surface area contributed by atoms with Crippen molar-refractivity contribution in [2.45, 2.75) is 18.6 Å². The van der Waals surface area contributed by atoms with Crippen LogP contribution in [-0.2, 0) is 0 Å². The fraction of sp³-hybridized carbons (Fsp3) is 0.273. The summed E-state index contributed by atoms with van der Waals surface area (Å²) < 4.78 is 6.37. The van der Waals surface area contributed by atoms with Crippen LogP contribution in [0.15, 0.2) is 40.9 Å². The largest absolute Gasteiger partial charge is 0.458 e. The van der Waals surface area contributed by atoms with Gasteiger partial charge < -0.3 is 9.84 Å². The number of benzene rings is 1. The minimum Gasteiger partial charge on any atom is -0.458 e. The SMILES string of the molecule is O[C@@]1(Oc2ccccc2Br)C=CCC1. The molecule has 2 rings (SSSR count). The third kappa shape index (κ3) is 1.99. The predicted octanol–water partition coefficient (Wildman–Crippen LogP) is 2.87. The smallest absolute Gasteiger partial charge is 0.228 e. The van der Waals surface area contributed by atoms with Crippen molar-refractivity contribution in [3.63, 3.8) is 0 Å². The highest BCUT2D eigenvalue weighted by molar-refractivity contribution is 9.10. The average Bonchev–Trinajstić information content (AvgIpc) is 2.57. The molecule has 0 bridgehead atoms. The molecular weight excluding hydrogens is 244 g/mol. The van der Waals surface area contributed by atoms with E-state index in [1.807, 2.05) is 30.3 Å². The number of hydrogen-bond acceptors (Lipinski definition) is 2. The summed E-state index contributed by atoms with van der Waals surface area (Å²) in [6.07, 6.45) is 5.11. The lowest BCUT2D eigenvalue weighted by molar-refractivity contribution is -0.0934. The Bertz CT molecular complexity index is 362. The Labute approximate surface area is 91.3 Å². The van der Waals surface area contributed by atoms with Crippen LogP contribution in [-0.4, -0.2) is 10.9 Å². The van der Waals surface area contributed by atoms with E-state index in [9.17, 15) is 5.11 Å². The Hall–Kier alpha value is -0.800. The second kappa shape index (κ2) is 3.75. The van der Waals surface area contributed by atoms with Crippen LogP contribution in [0, 0.1) is 0 Å². The Morgan fingerprint density at radius 3 is 2.79 bits per heavy atom. The first-order valence-electron chi connectivity index (χ1n) is 4.53. The third-order valence-corrected chi connectivity index (χ3v) is 2.83. The molecule has 1 aliphatic rings. The second-order valence-corrected chi connectivity index (χ2v) is 4.17. The summed E-state index contributed by atoms with van der Waals surface area (Å²) in [6, 6.07) is 7.50. The molecule has 1 atom stereocenters. The second-order valence-electron chi connectivity index (χ2n) is 3.32. The van der Waals surface area contributed by atoms with Crippen LogP contribution in [0.25, 0.3) is 0 Å². The number of hydrogen-bond donors (Lipinski definition) is 1. The van der Waals surface area contributed by atoms with E-state index in [0.29, 0.717) is 12.2 Å². The van der Waals surface area contributed by atoms with Crippen LogP contribution in [0.5, 0.6) is 5.75 Å². The molecule has 1 N–H and O–H groups in total. The van der Waals surface area contributed by atoms with Crippen molar-refractivity contribution < 1.29 is 9.84 Å². The van der Waals surface area contributed by atoms with E-state index in [1.165, 1.54) is 0 Å². The van der Waals surface area contributed by atoms with Crippen LogP contribution in [0.2, 0.25) is 0 Å². The Balaban J connectivity index is 2.18. The zero-order valence-corrected chi connectivity index (χ0v) is 9.20. The summed E-state index contributed by atoms with van der Waals surface area (Å²) in [5.41, 5.74) is 0. The molecule has 0 saturated heterocycles. The molecule has 3 heteroatoms. The standard InChI is InChI=1S/C11H11BrO2/c12-9-5-1-2-6-10(9)14-11(13)7-3-4-8-11/h1-3,5-7,13H,4,8H2/t11-/m1/s1. The minimum atomic E-state index is -1.12. The van der Waals surface area contributed by atoms with Gasteiger partial charge in [0.2, 0.25) is 5.79 Å². The summed E-state index contributed by atoms with van der Waals surface area (Å²) in [7, 11) is 0. The molecule has 1 aliphatic carbocycles. The number of allylic oxidation sites excluding steroid dienone is 1. The third-order valence-electron chi connectivity index (χ3n) is 2.17. The highest BCUT2D eigenvalue weighted by Gasteiger charge is 2.29. The minimum absolute atomic E-state index is 0.619. The summed E-state index contributed by atoms with van der Waals surface area (Å²) in [6.45, 7) is 0. The van der Waals surface area contributed by atoms with E-state index < -0.39 is 5.79 Å². The van der Waals surface area contributed by atoms with Crippen molar-refractivity contribution in [3.8, 4) is 5.75 Å². The molecule has 14 heavy (non-hydrogen) atoms. The van der Waals surface area contributed by atoms with Gasteiger partial charge in [0, 0.05) is 6.42 Å². The lowest BCUT2D eigenvalue weighted by Crippen LogP contribution is -2.30. The topological polar surface area (TPSA) is 29.5 Å². The number of halogens is 1. The van der Waals surface area contributed by atoms with Gasteiger partial charge in [-0.15, -0.1) is 0 Å². The Kier molecular flexibility index (Phi) is 2.61. The fourth-order valence-electron chi connectivity index (χ4n) is 1.44. The highest BCUT2D eigenvalue weighted by Crippen LogP contribution is 2.31. The molecule has 0 radical (unpaired) electrons. The summed E-state index contributed by atoms with van der Waals surface area (Å²) >= 11 is 3.37. The van der Waals surface area contributed by atoms with Gasteiger partial charge in [0.15, 0.2) is 0 Å². The maximum absolute atomic E-state index is 9.94. The van der Waals surface area contributed by atoms with Gasteiger partial charge in [-0.25, -0.2) is 0 Å². The van der Waals surface area contributed by atoms with E-state index in [0.717, 1.165) is 10.9 Å². The quantitative estimate of drug-likeness (QED) is 0.650. The van der Waals surface area contributed by atoms with E-state index >= 15 is 0 Å². The Morgan fingerprint density at radius 1 is 1.36 bits per heavy atom. The van der Waals surface area contributed by atoms with Gasteiger partial charge >= 0.3 is 0 Å². The molecule has 0 fully saturated rings. The van der Waals surface area contributed by atoms with E-state index in [4.69, 9.17) is 4.74 Å². The van der Waals surface area contributed by atoms with Crippen molar-refractivity contribution in [1.29, 1.82) is 0 Å². The number of aliphatic hydroxyl groups is 1. The molecular formula is C11H11BrO2.